The van der Waals surface area contributed by atoms with Crippen LogP contribution in [0.1, 0.15) is 5.56 Å². The molecule has 17 heavy (non-hydrogen) atoms. The van der Waals surface area contributed by atoms with E-state index in [1.807, 2.05) is 36.2 Å². The van der Waals surface area contributed by atoms with Gasteiger partial charge in [0.2, 0.25) is 5.95 Å². The summed E-state index contributed by atoms with van der Waals surface area (Å²) in [5.41, 5.74) is 1.92. The second kappa shape index (κ2) is 5.15. The number of nitrogens with zero attached hydrogens (tertiary/aromatic N) is 2. The second-order valence-corrected chi connectivity index (χ2v) is 4.26. The first kappa shape index (κ1) is 11.9. The van der Waals surface area contributed by atoms with Crippen LogP contribution in [0.2, 0.25) is 5.02 Å². The summed E-state index contributed by atoms with van der Waals surface area (Å²) in [5, 5.41) is 0.714. The Labute approximate surface area is 105 Å². The van der Waals surface area contributed by atoms with Gasteiger partial charge in [-0.3, -0.25) is 0 Å². The van der Waals surface area contributed by atoms with Gasteiger partial charge in [0.15, 0.2) is 0 Å². The monoisotopic (exact) mass is 250 g/mol. The minimum atomic E-state index is -0.467. The van der Waals surface area contributed by atoms with Gasteiger partial charge in [-0.2, -0.15) is 4.39 Å². The van der Waals surface area contributed by atoms with Gasteiger partial charge in [-0.05, 0) is 23.8 Å². The number of pyridine rings is 1. The lowest BCUT2D eigenvalue weighted by molar-refractivity contribution is 0.583. The number of anilines is 1. The molecule has 0 aliphatic heterocycles. The molecule has 0 saturated heterocycles. The standard InChI is InChI=1S/C13H12ClFN2/c1-17(12-6-7-16-13(15)8-12)9-10-2-4-11(14)5-3-10/h2-8H,9H2,1H3. The van der Waals surface area contributed by atoms with Crippen molar-refractivity contribution in [3.05, 3.63) is 59.1 Å². The van der Waals surface area contributed by atoms with Gasteiger partial charge < -0.3 is 4.90 Å². The molecule has 0 fully saturated rings. The van der Waals surface area contributed by atoms with Crippen LogP contribution in [0.5, 0.6) is 0 Å². The molecule has 0 aliphatic carbocycles. The summed E-state index contributed by atoms with van der Waals surface area (Å²) in [4.78, 5) is 5.48. The fraction of sp³-hybridized carbons (Fsp3) is 0.154. The maximum absolute atomic E-state index is 13.0. The van der Waals surface area contributed by atoms with Crippen LogP contribution >= 0.6 is 11.6 Å². The van der Waals surface area contributed by atoms with Crippen LogP contribution < -0.4 is 4.90 Å². The van der Waals surface area contributed by atoms with Crippen LogP contribution in [0, 0.1) is 5.95 Å². The van der Waals surface area contributed by atoms with Crippen molar-refractivity contribution >= 4 is 17.3 Å². The molecule has 2 rings (SSSR count). The van der Waals surface area contributed by atoms with Gasteiger partial charge in [-0.1, -0.05) is 23.7 Å². The van der Waals surface area contributed by atoms with E-state index >= 15 is 0 Å². The molecule has 88 valence electrons. The molecule has 2 aromatic rings. The van der Waals surface area contributed by atoms with E-state index < -0.39 is 5.95 Å². The lowest BCUT2D eigenvalue weighted by atomic mass is 10.2. The zero-order chi connectivity index (χ0) is 12.3. The van der Waals surface area contributed by atoms with Gasteiger partial charge in [0.05, 0.1) is 0 Å². The van der Waals surface area contributed by atoms with Gasteiger partial charge in [0.25, 0.3) is 0 Å². The van der Waals surface area contributed by atoms with E-state index in [4.69, 9.17) is 11.6 Å². The lowest BCUT2D eigenvalue weighted by Crippen LogP contribution is -2.16. The van der Waals surface area contributed by atoms with Crippen molar-refractivity contribution in [1.29, 1.82) is 0 Å². The molecule has 0 radical (unpaired) electrons. The predicted molar refractivity (Wildman–Crippen MR) is 67.8 cm³/mol. The van der Waals surface area contributed by atoms with Gasteiger partial charge in [0.1, 0.15) is 0 Å². The number of hydrogen-bond acceptors (Lipinski definition) is 2. The van der Waals surface area contributed by atoms with Crippen LogP contribution in [0.4, 0.5) is 10.1 Å². The minimum absolute atomic E-state index is 0.467. The third-order valence-electron chi connectivity index (χ3n) is 2.48. The van der Waals surface area contributed by atoms with E-state index in [1.165, 1.54) is 12.3 Å². The summed E-state index contributed by atoms with van der Waals surface area (Å²) in [6.45, 7) is 0.695. The number of halogens is 2. The van der Waals surface area contributed by atoms with Crippen molar-refractivity contribution in [1.82, 2.24) is 4.98 Å². The normalized spacial score (nSPS) is 10.3. The Morgan fingerprint density at radius 2 is 1.94 bits per heavy atom. The number of hydrogen-bond donors (Lipinski definition) is 0. The Bertz CT molecular complexity index is 499. The highest BCUT2D eigenvalue weighted by Gasteiger charge is 2.03. The van der Waals surface area contributed by atoms with Gasteiger partial charge in [-0.15, -0.1) is 0 Å². The summed E-state index contributed by atoms with van der Waals surface area (Å²) < 4.78 is 13.0. The van der Waals surface area contributed by atoms with Crippen LogP contribution in [-0.2, 0) is 6.54 Å². The molecule has 0 N–H and O–H groups in total. The molecule has 0 atom stereocenters. The smallest absolute Gasteiger partial charge is 0.214 e. The zero-order valence-corrected chi connectivity index (χ0v) is 10.2. The molecule has 0 aliphatic rings. The highest BCUT2D eigenvalue weighted by atomic mass is 35.5. The van der Waals surface area contributed by atoms with Crippen molar-refractivity contribution < 1.29 is 4.39 Å². The average Bonchev–Trinajstić information content (AvgIpc) is 2.32. The van der Waals surface area contributed by atoms with Crippen LogP contribution in [-0.4, -0.2) is 12.0 Å². The van der Waals surface area contributed by atoms with Crippen LogP contribution in [0.15, 0.2) is 42.6 Å². The van der Waals surface area contributed by atoms with Crippen molar-refractivity contribution in [2.45, 2.75) is 6.54 Å². The first-order valence-electron chi connectivity index (χ1n) is 5.22. The topological polar surface area (TPSA) is 16.1 Å². The Kier molecular flexibility index (Phi) is 3.59. The highest BCUT2D eigenvalue weighted by Crippen LogP contribution is 2.16. The molecule has 0 bridgehead atoms. The first-order chi connectivity index (χ1) is 8.15. The number of benzene rings is 1. The van der Waals surface area contributed by atoms with E-state index in [9.17, 15) is 4.39 Å². The summed E-state index contributed by atoms with van der Waals surface area (Å²) in [5.74, 6) is -0.467. The fourth-order valence-corrected chi connectivity index (χ4v) is 1.71. The first-order valence-corrected chi connectivity index (χ1v) is 5.60. The molecule has 2 nitrogen and oxygen atoms in total. The Hall–Kier alpha value is -1.61. The highest BCUT2D eigenvalue weighted by molar-refractivity contribution is 6.30. The Morgan fingerprint density at radius 1 is 1.24 bits per heavy atom. The van der Waals surface area contributed by atoms with E-state index in [0.717, 1.165) is 11.3 Å². The number of rotatable bonds is 3. The van der Waals surface area contributed by atoms with Crippen molar-refractivity contribution in [3.63, 3.8) is 0 Å². The summed E-state index contributed by atoms with van der Waals surface area (Å²) in [6, 6.07) is 10.8. The maximum atomic E-state index is 13.0. The molecule has 1 aromatic carbocycles. The molecule has 4 heteroatoms. The van der Waals surface area contributed by atoms with Crippen molar-refractivity contribution in [2.75, 3.05) is 11.9 Å². The minimum Gasteiger partial charge on any atom is -0.370 e. The van der Waals surface area contributed by atoms with Crippen LogP contribution in [0.25, 0.3) is 0 Å². The summed E-state index contributed by atoms with van der Waals surface area (Å²) in [7, 11) is 1.91. The molecule has 0 spiro atoms. The van der Waals surface area contributed by atoms with E-state index in [2.05, 4.69) is 4.98 Å². The molecule has 0 unspecified atom stereocenters. The maximum Gasteiger partial charge on any atom is 0.214 e. The number of aromatic nitrogens is 1. The second-order valence-electron chi connectivity index (χ2n) is 3.82. The zero-order valence-electron chi connectivity index (χ0n) is 9.40. The Balaban J connectivity index is 2.11. The SMILES string of the molecule is CN(Cc1ccc(Cl)cc1)c1ccnc(F)c1. The van der Waals surface area contributed by atoms with E-state index in [0.29, 0.717) is 11.6 Å². The molecule has 0 amide bonds. The van der Waals surface area contributed by atoms with E-state index in [-0.39, 0.29) is 0 Å². The average molecular weight is 251 g/mol. The Morgan fingerprint density at radius 3 is 2.59 bits per heavy atom. The van der Waals surface area contributed by atoms with Gasteiger partial charge >= 0.3 is 0 Å². The summed E-state index contributed by atoms with van der Waals surface area (Å²) >= 11 is 5.81. The third kappa shape index (κ3) is 3.17. The molecule has 0 saturated carbocycles. The van der Waals surface area contributed by atoms with Gasteiger partial charge in [-0.25, -0.2) is 4.98 Å². The quantitative estimate of drug-likeness (QED) is 0.775. The van der Waals surface area contributed by atoms with Gasteiger partial charge in [0, 0.05) is 36.6 Å². The predicted octanol–water partition coefficient (Wildman–Crippen LogP) is 3.51. The third-order valence-corrected chi connectivity index (χ3v) is 2.74. The lowest BCUT2D eigenvalue weighted by Gasteiger charge is -2.19. The molecule has 1 aromatic heterocycles. The molecule has 1 heterocycles. The van der Waals surface area contributed by atoms with Crippen LogP contribution in [0.3, 0.4) is 0 Å². The molecular weight excluding hydrogens is 239 g/mol. The van der Waals surface area contributed by atoms with Crippen molar-refractivity contribution in [2.24, 2.45) is 0 Å². The van der Waals surface area contributed by atoms with E-state index in [1.54, 1.807) is 6.07 Å². The van der Waals surface area contributed by atoms with Crippen molar-refractivity contribution in [3.8, 4) is 0 Å². The fourth-order valence-electron chi connectivity index (χ4n) is 1.58. The summed E-state index contributed by atoms with van der Waals surface area (Å²) in [6.07, 6.45) is 1.46. The molecular formula is C13H12ClFN2. The largest absolute Gasteiger partial charge is 0.370 e.